The van der Waals surface area contributed by atoms with Crippen LogP contribution in [-0.2, 0) is 9.53 Å². The highest BCUT2D eigenvalue weighted by Crippen LogP contribution is 2.20. The van der Waals surface area contributed by atoms with Crippen LogP contribution in [0.2, 0.25) is 0 Å². The SMILES string of the molecule is C[C@H](Nc1ccc(OCC2CCOCC2)cc1)C(=O)N1CCCC1. The maximum atomic E-state index is 12.3. The van der Waals surface area contributed by atoms with E-state index in [-0.39, 0.29) is 11.9 Å². The Morgan fingerprint density at radius 2 is 1.92 bits per heavy atom. The fourth-order valence-corrected chi connectivity index (χ4v) is 3.30. The van der Waals surface area contributed by atoms with Crippen molar-refractivity contribution in [2.75, 3.05) is 38.2 Å². The maximum absolute atomic E-state index is 12.3. The van der Waals surface area contributed by atoms with Gasteiger partial charge in [0, 0.05) is 32.0 Å². The number of amides is 1. The van der Waals surface area contributed by atoms with Gasteiger partial charge in [0.25, 0.3) is 0 Å². The summed E-state index contributed by atoms with van der Waals surface area (Å²) in [6.45, 7) is 6.16. The van der Waals surface area contributed by atoms with Gasteiger partial charge in [-0.2, -0.15) is 0 Å². The zero-order valence-electron chi connectivity index (χ0n) is 14.5. The molecule has 2 aliphatic heterocycles. The first kappa shape index (κ1) is 17.1. The fraction of sp³-hybridized carbons (Fsp3) is 0.632. The molecule has 5 nitrogen and oxygen atoms in total. The number of nitrogens with one attached hydrogen (secondary N) is 1. The number of likely N-dealkylation sites (tertiary alicyclic amines) is 1. The van der Waals surface area contributed by atoms with E-state index in [2.05, 4.69) is 5.32 Å². The Morgan fingerprint density at radius 1 is 1.25 bits per heavy atom. The number of carbonyl (C=O) groups is 1. The van der Waals surface area contributed by atoms with E-state index in [0.29, 0.717) is 5.92 Å². The molecule has 132 valence electrons. The second kappa shape index (κ2) is 8.38. The smallest absolute Gasteiger partial charge is 0.244 e. The molecule has 0 saturated carbocycles. The van der Waals surface area contributed by atoms with Crippen molar-refractivity contribution in [1.82, 2.24) is 4.90 Å². The summed E-state index contributed by atoms with van der Waals surface area (Å²) in [5.41, 5.74) is 0.952. The molecule has 0 radical (unpaired) electrons. The largest absolute Gasteiger partial charge is 0.493 e. The Labute approximate surface area is 144 Å². The Morgan fingerprint density at radius 3 is 2.58 bits per heavy atom. The minimum absolute atomic E-state index is 0.187. The van der Waals surface area contributed by atoms with Crippen LogP contribution in [0.15, 0.2) is 24.3 Å². The summed E-state index contributed by atoms with van der Waals surface area (Å²) in [6.07, 6.45) is 4.40. The molecule has 0 spiro atoms. The summed E-state index contributed by atoms with van der Waals surface area (Å²) in [7, 11) is 0. The molecule has 2 heterocycles. The molecule has 2 aliphatic rings. The molecule has 1 aromatic carbocycles. The van der Waals surface area contributed by atoms with Crippen LogP contribution in [0.1, 0.15) is 32.6 Å². The monoisotopic (exact) mass is 332 g/mol. The van der Waals surface area contributed by atoms with E-state index in [9.17, 15) is 4.79 Å². The summed E-state index contributed by atoms with van der Waals surface area (Å²) in [6, 6.07) is 7.70. The van der Waals surface area contributed by atoms with Crippen LogP contribution in [0, 0.1) is 5.92 Å². The summed E-state index contributed by atoms with van der Waals surface area (Å²) in [5, 5.41) is 3.29. The first-order chi connectivity index (χ1) is 11.7. The van der Waals surface area contributed by atoms with Gasteiger partial charge in [-0.05, 0) is 62.8 Å². The second-order valence-electron chi connectivity index (χ2n) is 6.79. The molecule has 0 bridgehead atoms. The average molecular weight is 332 g/mol. The zero-order chi connectivity index (χ0) is 16.8. The Bertz CT molecular complexity index is 520. The van der Waals surface area contributed by atoms with Gasteiger partial charge in [-0.25, -0.2) is 0 Å². The normalized spacial score (nSPS) is 20.0. The van der Waals surface area contributed by atoms with Gasteiger partial charge in [0.05, 0.1) is 6.61 Å². The highest BCUT2D eigenvalue weighted by molar-refractivity contribution is 5.84. The van der Waals surface area contributed by atoms with Gasteiger partial charge >= 0.3 is 0 Å². The summed E-state index contributed by atoms with van der Waals surface area (Å²) in [4.78, 5) is 14.3. The fourth-order valence-electron chi connectivity index (χ4n) is 3.30. The van der Waals surface area contributed by atoms with E-state index in [1.54, 1.807) is 0 Å². The average Bonchev–Trinajstić information content (AvgIpc) is 3.16. The molecule has 1 amide bonds. The Balaban J connectivity index is 1.45. The lowest BCUT2D eigenvalue weighted by Crippen LogP contribution is -2.39. The first-order valence-corrected chi connectivity index (χ1v) is 9.08. The molecule has 1 N–H and O–H groups in total. The van der Waals surface area contributed by atoms with Gasteiger partial charge in [0.15, 0.2) is 0 Å². The molecule has 3 rings (SSSR count). The summed E-state index contributed by atoms with van der Waals surface area (Å²) in [5.74, 6) is 1.66. The highest BCUT2D eigenvalue weighted by atomic mass is 16.5. The van der Waals surface area contributed by atoms with Crippen LogP contribution in [0.25, 0.3) is 0 Å². The third-order valence-electron chi connectivity index (χ3n) is 4.85. The van der Waals surface area contributed by atoms with Crippen LogP contribution in [-0.4, -0.2) is 49.8 Å². The van der Waals surface area contributed by atoms with Gasteiger partial charge < -0.3 is 19.7 Å². The number of hydrogen-bond donors (Lipinski definition) is 1. The number of rotatable bonds is 6. The van der Waals surface area contributed by atoms with Crippen molar-refractivity contribution >= 4 is 11.6 Å². The molecule has 2 fully saturated rings. The van der Waals surface area contributed by atoms with E-state index >= 15 is 0 Å². The standard InChI is InChI=1S/C19H28N2O3/c1-15(19(22)21-10-2-3-11-21)20-17-4-6-18(7-5-17)24-14-16-8-12-23-13-9-16/h4-7,15-16,20H,2-3,8-14H2,1H3/t15-/m0/s1. The van der Waals surface area contributed by atoms with Crippen molar-refractivity contribution in [2.24, 2.45) is 5.92 Å². The van der Waals surface area contributed by atoms with Gasteiger partial charge in [-0.1, -0.05) is 0 Å². The quantitative estimate of drug-likeness (QED) is 0.870. The molecule has 0 unspecified atom stereocenters. The van der Waals surface area contributed by atoms with E-state index in [1.807, 2.05) is 36.1 Å². The number of benzene rings is 1. The topological polar surface area (TPSA) is 50.8 Å². The lowest BCUT2D eigenvalue weighted by atomic mass is 10.0. The lowest BCUT2D eigenvalue weighted by Gasteiger charge is -2.23. The summed E-state index contributed by atoms with van der Waals surface area (Å²) >= 11 is 0. The summed E-state index contributed by atoms with van der Waals surface area (Å²) < 4.78 is 11.2. The first-order valence-electron chi connectivity index (χ1n) is 9.08. The van der Waals surface area contributed by atoms with Gasteiger partial charge in [-0.15, -0.1) is 0 Å². The number of carbonyl (C=O) groups excluding carboxylic acids is 1. The molecule has 0 aliphatic carbocycles. The van der Waals surface area contributed by atoms with Gasteiger partial charge in [0.1, 0.15) is 11.8 Å². The lowest BCUT2D eigenvalue weighted by molar-refractivity contribution is -0.130. The number of ether oxygens (including phenoxy) is 2. The molecular weight excluding hydrogens is 304 g/mol. The van der Waals surface area contributed by atoms with E-state index in [0.717, 1.165) is 70.0 Å². The van der Waals surface area contributed by atoms with E-state index in [1.165, 1.54) is 0 Å². The predicted octanol–water partition coefficient (Wildman–Crippen LogP) is 2.91. The van der Waals surface area contributed by atoms with Crippen molar-refractivity contribution in [3.05, 3.63) is 24.3 Å². The van der Waals surface area contributed by atoms with Crippen LogP contribution in [0.4, 0.5) is 5.69 Å². The van der Waals surface area contributed by atoms with Gasteiger partial charge in [-0.3, -0.25) is 4.79 Å². The Hall–Kier alpha value is -1.75. The van der Waals surface area contributed by atoms with Crippen LogP contribution in [0.3, 0.4) is 0 Å². The van der Waals surface area contributed by atoms with Crippen molar-refractivity contribution in [3.63, 3.8) is 0 Å². The third kappa shape index (κ3) is 4.63. The molecule has 1 aromatic rings. The molecule has 24 heavy (non-hydrogen) atoms. The molecule has 1 atom stereocenters. The molecular formula is C19H28N2O3. The number of nitrogens with zero attached hydrogens (tertiary/aromatic N) is 1. The third-order valence-corrected chi connectivity index (χ3v) is 4.85. The molecule has 2 saturated heterocycles. The zero-order valence-corrected chi connectivity index (χ0v) is 14.5. The van der Waals surface area contributed by atoms with Crippen LogP contribution >= 0.6 is 0 Å². The predicted molar refractivity (Wildman–Crippen MR) is 94.4 cm³/mol. The molecule has 0 aromatic heterocycles. The van der Waals surface area contributed by atoms with Crippen LogP contribution < -0.4 is 10.1 Å². The molecule has 5 heteroatoms. The van der Waals surface area contributed by atoms with Crippen molar-refractivity contribution < 1.29 is 14.3 Å². The highest BCUT2D eigenvalue weighted by Gasteiger charge is 2.23. The Kier molecular flexibility index (Phi) is 5.96. The van der Waals surface area contributed by atoms with Crippen molar-refractivity contribution in [1.29, 1.82) is 0 Å². The maximum Gasteiger partial charge on any atom is 0.244 e. The van der Waals surface area contributed by atoms with Crippen molar-refractivity contribution in [3.8, 4) is 5.75 Å². The van der Waals surface area contributed by atoms with Crippen molar-refractivity contribution in [2.45, 2.75) is 38.6 Å². The van der Waals surface area contributed by atoms with E-state index in [4.69, 9.17) is 9.47 Å². The van der Waals surface area contributed by atoms with Gasteiger partial charge in [0.2, 0.25) is 5.91 Å². The minimum atomic E-state index is -0.197. The second-order valence-corrected chi connectivity index (χ2v) is 6.79. The number of hydrogen-bond acceptors (Lipinski definition) is 4. The minimum Gasteiger partial charge on any atom is -0.493 e. The van der Waals surface area contributed by atoms with E-state index < -0.39 is 0 Å². The van der Waals surface area contributed by atoms with Crippen LogP contribution in [0.5, 0.6) is 5.75 Å². The number of anilines is 1.